The maximum Gasteiger partial charge on any atom is 0.216 e. The van der Waals surface area contributed by atoms with Gasteiger partial charge in [0.1, 0.15) is 6.61 Å². The zero-order chi connectivity index (χ0) is 18.3. The molecule has 0 radical (unpaired) electrons. The Bertz CT molecular complexity index is 534. The molecule has 3 nitrogen and oxygen atoms in total. The van der Waals surface area contributed by atoms with E-state index in [0.29, 0.717) is 6.61 Å². The van der Waals surface area contributed by atoms with Crippen LogP contribution in [-0.2, 0) is 4.74 Å². The van der Waals surface area contributed by atoms with Crippen molar-refractivity contribution in [3.63, 3.8) is 0 Å². The van der Waals surface area contributed by atoms with Crippen molar-refractivity contribution in [2.75, 3.05) is 25.0 Å². The lowest BCUT2D eigenvalue weighted by Gasteiger charge is -2.07. The van der Waals surface area contributed by atoms with Crippen molar-refractivity contribution in [1.82, 2.24) is 0 Å². The van der Waals surface area contributed by atoms with E-state index in [4.69, 9.17) is 4.74 Å². The Morgan fingerprint density at radius 2 is 1.62 bits per heavy atom. The van der Waals surface area contributed by atoms with Crippen LogP contribution in [0.2, 0.25) is 0 Å². The molecule has 0 spiro atoms. The molecule has 26 heavy (non-hydrogen) atoms. The highest BCUT2D eigenvalue weighted by Gasteiger charge is 2.09. The van der Waals surface area contributed by atoms with E-state index in [0.717, 1.165) is 31.0 Å². The van der Waals surface area contributed by atoms with Gasteiger partial charge in [-0.15, -0.1) is 0 Å². The molecule has 1 heterocycles. The molecule has 0 fully saturated rings. The van der Waals surface area contributed by atoms with Crippen LogP contribution in [0.5, 0.6) is 0 Å². The molecule has 0 aliphatic carbocycles. The fourth-order valence-corrected chi connectivity index (χ4v) is 3.15. The third kappa shape index (κ3) is 8.55. The topological polar surface area (TPSA) is 33.6 Å². The molecule has 3 heteroatoms. The summed E-state index contributed by atoms with van der Waals surface area (Å²) in [7, 11) is 0. The van der Waals surface area contributed by atoms with E-state index < -0.39 is 0 Å². The molecule has 2 rings (SSSR count). The van der Waals surface area contributed by atoms with Gasteiger partial charge in [-0.1, -0.05) is 57.6 Å². The molecule has 1 N–H and O–H groups in total. The number of anilines is 1. The summed E-state index contributed by atoms with van der Waals surface area (Å²) in [6.07, 6.45) is 18.0. The molecule has 0 saturated carbocycles. The van der Waals surface area contributed by atoms with Crippen LogP contribution in [0.25, 0.3) is 0 Å². The maximum atomic E-state index is 5.48. The van der Waals surface area contributed by atoms with Crippen molar-refractivity contribution in [2.24, 2.45) is 4.99 Å². The second-order valence-electron chi connectivity index (χ2n) is 7.06. The summed E-state index contributed by atoms with van der Waals surface area (Å²) in [6, 6.07) is 8.37. The van der Waals surface area contributed by atoms with Crippen LogP contribution in [0.4, 0.5) is 5.69 Å². The third-order valence-corrected chi connectivity index (χ3v) is 4.74. The van der Waals surface area contributed by atoms with Gasteiger partial charge in [0, 0.05) is 17.8 Å². The first kappa shape index (κ1) is 20.5. The molecule has 0 saturated heterocycles. The van der Waals surface area contributed by atoms with E-state index in [1.54, 1.807) is 0 Å². The fourth-order valence-electron chi connectivity index (χ4n) is 3.15. The minimum absolute atomic E-state index is 0.710. The van der Waals surface area contributed by atoms with Crippen molar-refractivity contribution < 1.29 is 4.74 Å². The van der Waals surface area contributed by atoms with Crippen LogP contribution in [-0.4, -0.2) is 25.6 Å². The van der Waals surface area contributed by atoms with Crippen molar-refractivity contribution in [1.29, 1.82) is 0 Å². The third-order valence-electron chi connectivity index (χ3n) is 4.74. The Kier molecular flexibility index (Phi) is 10.6. The predicted octanol–water partition coefficient (Wildman–Crippen LogP) is 6.35. The molecule has 1 aromatic carbocycles. The van der Waals surface area contributed by atoms with Crippen molar-refractivity contribution >= 4 is 11.6 Å². The zero-order valence-electron chi connectivity index (χ0n) is 16.5. The van der Waals surface area contributed by atoms with Crippen molar-refractivity contribution in [2.45, 2.75) is 71.1 Å². The van der Waals surface area contributed by atoms with Gasteiger partial charge in [-0.2, -0.15) is 0 Å². The highest BCUT2D eigenvalue weighted by Crippen LogP contribution is 2.13. The Hall–Kier alpha value is -1.77. The summed E-state index contributed by atoms with van der Waals surface area (Å²) in [6.45, 7) is 4.78. The maximum absolute atomic E-state index is 5.48. The number of nitrogens with zero attached hydrogens (tertiary/aromatic N) is 1. The van der Waals surface area contributed by atoms with Crippen LogP contribution in [0.3, 0.4) is 0 Å². The van der Waals surface area contributed by atoms with E-state index in [1.807, 2.05) is 0 Å². The smallest absolute Gasteiger partial charge is 0.216 e. The van der Waals surface area contributed by atoms with Gasteiger partial charge in [0.25, 0.3) is 0 Å². The minimum atomic E-state index is 0.710. The second-order valence-corrected chi connectivity index (χ2v) is 7.06. The molecule has 144 valence electrons. The highest BCUT2D eigenvalue weighted by molar-refractivity contribution is 5.95. The number of hydrogen-bond acceptors (Lipinski definition) is 3. The lowest BCUT2D eigenvalue weighted by Crippen LogP contribution is -2.03. The number of aliphatic imine (C=N–C) groups is 1. The Morgan fingerprint density at radius 1 is 0.923 bits per heavy atom. The lowest BCUT2D eigenvalue weighted by molar-refractivity contribution is 0.348. The molecule has 0 unspecified atom stereocenters. The van der Waals surface area contributed by atoms with Crippen LogP contribution < -0.4 is 5.32 Å². The summed E-state index contributed by atoms with van der Waals surface area (Å²) >= 11 is 0. The summed E-state index contributed by atoms with van der Waals surface area (Å²) in [5, 5.41) is 3.48. The van der Waals surface area contributed by atoms with E-state index >= 15 is 0 Å². The number of benzene rings is 1. The highest BCUT2D eigenvalue weighted by atomic mass is 16.5. The molecule has 0 amide bonds. The van der Waals surface area contributed by atoms with Gasteiger partial charge < -0.3 is 10.1 Å². The number of nitrogens with one attached hydrogen (secondary N) is 1. The Morgan fingerprint density at radius 3 is 2.31 bits per heavy atom. The first-order valence-corrected chi connectivity index (χ1v) is 10.6. The quantitative estimate of drug-likeness (QED) is 0.311. The van der Waals surface area contributed by atoms with Crippen molar-refractivity contribution in [3.05, 3.63) is 42.0 Å². The van der Waals surface area contributed by atoms with E-state index in [9.17, 15) is 0 Å². The molecular weight excluding hydrogens is 320 g/mol. The van der Waals surface area contributed by atoms with Crippen LogP contribution >= 0.6 is 0 Å². The van der Waals surface area contributed by atoms with E-state index in [2.05, 4.69) is 53.7 Å². The number of allylic oxidation sites excluding steroid dienone is 2. The summed E-state index contributed by atoms with van der Waals surface area (Å²) < 4.78 is 5.48. The van der Waals surface area contributed by atoms with Gasteiger partial charge in [-0.25, -0.2) is 4.99 Å². The zero-order valence-corrected chi connectivity index (χ0v) is 16.5. The number of ether oxygens (including phenoxy) is 1. The molecule has 0 aromatic heterocycles. The Balaban J connectivity index is 1.45. The number of hydrogen-bond donors (Lipinski definition) is 1. The Labute approximate surface area is 159 Å². The van der Waals surface area contributed by atoms with Gasteiger partial charge in [0.2, 0.25) is 5.90 Å². The monoisotopic (exact) mass is 356 g/mol. The first-order chi connectivity index (χ1) is 12.9. The average Bonchev–Trinajstić information content (AvgIpc) is 3.21. The van der Waals surface area contributed by atoms with Gasteiger partial charge in [0.05, 0.1) is 6.54 Å². The molecule has 1 aromatic rings. The van der Waals surface area contributed by atoms with Crippen molar-refractivity contribution in [3.8, 4) is 0 Å². The lowest BCUT2D eigenvalue weighted by atomic mass is 10.1. The summed E-state index contributed by atoms with van der Waals surface area (Å²) in [5.41, 5.74) is 2.24. The summed E-state index contributed by atoms with van der Waals surface area (Å²) in [5.74, 6) is 0.780. The van der Waals surface area contributed by atoms with Crippen LogP contribution in [0, 0.1) is 0 Å². The van der Waals surface area contributed by atoms with Crippen LogP contribution in [0.1, 0.15) is 76.7 Å². The average molecular weight is 357 g/mol. The van der Waals surface area contributed by atoms with E-state index in [-0.39, 0.29) is 0 Å². The normalized spacial score (nSPS) is 13.8. The first-order valence-electron chi connectivity index (χ1n) is 10.6. The molecule has 1 aliphatic rings. The van der Waals surface area contributed by atoms with Gasteiger partial charge >= 0.3 is 0 Å². The van der Waals surface area contributed by atoms with E-state index in [1.165, 1.54) is 63.5 Å². The molecule has 1 aliphatic heterocycles. The largest absolute Gasteiger partial charge is 0.476 e. The molecular formula is C23H36N2O. The fraction of sp³-hybridized carbons (Fsp3) is 0.609. The number of unbranched alkanes of at least 4 members (excludes halogenated alkanes) is 8. The van der Waals surface area contributed by atoms with Crippen LogP contribution in [0.15, 0.2) is 41.4 Å². The standard InChI is InChI=1S/C23H36N2O/c1-2-3-4-5-6-7-8-9-10-11-12-13-18-24-22-16-14-21(15-17-22)23-25-19-20-26-23/h10-11,14-17,24H,2-9,12-13,18-20H2,1H3. The predicted molar refractivity (Wildman–Crippen MR) is 113 cm³/mol. The minimum Gasteiger partial charge on any atom is -0.476 e. The van der Waals surface area contributed by atoms with Gasteiger partial charge in [0.15, 0.2) is 0 Å². The SMILES string of the molecule is CCCCCCCCCC=CCCCNc1ccc(C2=NCCO2)cc1. The number of rotatable bonds is 14. The molecule has 0 atom stereocenters. The van der Waals surface area contributed by atoms with Gasteiger partial charge in [-0.05, 0) is 49.9 Å². The summed E-state index contributed by atoms with van der Waals surface area (Å²) in [4.78, 5) is 4.34. The van der Waals surface area contributed by atoms with Gasteiger partial charge in [-0.3, -0.25) is 0 Å². The molecule has 0 bridgehead atoms. The second kappa shape index (κ2) is 13.4.